The lowest BCUT2D eigenvalue weighted by molar-refractivity contribution is -0.320. The van der Waals surface area contributed by atoms with E-state index in [2.05, 4.69) is 0 Å². The first-order valence-electron chi connectivity index (χ1n) is 7.79. The van der Waals surface area contributed by atoms with E-state index in [0.29, 0.717) is 23.6 Å². The maximum absolute atomic E-state index is 12.6. The van der Waals surface area contributed by atoms with Gasteiger partial charge in [0, 0.05) is 11.1 Å². The molecule has 0 aromatic heterocycles. The van der Waals surface area contributed by atoms with Gasteiger partial charge in [-0.05, 0) is 37.3 Å². The Morgan fingerprint density at radius 1 is 1.08 bits per heavy atom. The molecule has 124 valence electrons. The van der Waals surface area contributed by atoms with Crippen molar-refractivity contribution in [2.75, 3.05) is 13.3 Å². The van der Waals surface area contributed by atoms with E-state index in [1.807, 2.05) is 43.3 Å². The molecule has 2 aromatic rings. The van der Waals surface area contributed by atoms with Crippen molar-refractivity contribution in [3.8, 4) is 11.5 Å². The fourth-order valence-corrected chi connectivity index (χ4v) is 2.73. The van der Waals surface area contributed by atoms with Crippen LogP contribution < -0.4 is 9.47 Å². The maximum Gasteiger partial charge on any atom is 0.277 e. The maximum atomic E-state index is 12.6. The van der Waals surface area contributed by atoms with E-state index < -0.39 is 6.29 Å². The lowest BCUT2D eigenvalue weighted by Gasteiger charge is -2.36. The van der Waals surface area contributed by atoms with Gasteiger partial charge in [0.05, 0.1) is 12.6 Å². The van der Waals surface area contributed by atoms with Crippen molar-refractivity contribution in [1.29, 1.82) is 0 Å². The Morgan fingerprint density at radius 3 is 2.71 bits per heavy atom. The van der Waals surface area contributed by atoms with E-state index in [4.69, 9.17) is 19.0 Å². The number of amides is 1. The van der Waals surface area contributed by atoms with Crippen molar-refractivity contribution in [3.63, 3.8) is 0 Å². The van der Waals surface area contributed by atoms with E-state index in [9.17, 15) is 4.79 Å². The third kappa shape index (κ3) is 2.81. The highest BCUT2D eigenvalue weighted by atomic mass is 16.8. The summed E-state index contributed by atoms with van der Waals surface area (Å²) in [6.45, 7) is 2.49. The number of nitrogens with zero attached hydrogens (tertiary/aromatic N) is 1. The Bertz CT molecular complexity index is 748. The molecule has 1 fully saturated rings. The van der Waals surface area contributed by atoms with Gasteiger partial charge in [-0.15, -0.1) is 0 Å². The molecule has 1 saturated heterocycles. The first-order chi connectivity index (χ1) is 11.7. The lowest BCUT2D eigenvalue weighted by Crippen LogP contribution is -2.44. The third-order valence-electron chi connectivity index (χ3n) is 3.92. The van der Waals surface area contributed by atoms with Gasteiger partial charge in [-0.3, -0.25) is 4.79 Å². The first-order valence-corrected chi connectivity index (χ1v) is 7.79. The Morgan fingerprint density at radius 2 is 1.88 bits per heavy atom. The van der Waals surface area contributed by atoms with E-state index in [1.165, 1.54) is 5.06 Å². The molecule has 0 saturated carbocycles. The summed E-state index contributed by atoms with van der Waals surface area (Å²) < 4.78 is 16.5. The molecule has 2 aliphatic rings. The summed E-state index contributed by atoms with van der Waals surface area (Å²) in [5, 5.41) is 1.36. The summed E-state index contributed by atoms with van der Waals surface area (Å²) >= 11 is 0. The van der Waals surface area contributed by atoms with Gasteiger partial charge in [0.2, 0.25) is 13.1 Å². The number of carbonyl (C=O) groups is 1. The largest absolute Gasteiger partial charge is 0.454 e. The van der Waals surface area contributed by atoms with Crippen LogP contribution in [0.1, 0.15) is 29.1 Å². The second-order valence-electron chi connectivity index (χ2n) is 5.73. The number of ether oxygens (including phenoxy) is 3. The van der Waals surface area contributed by atoms with Gasteiger partial charge < -0.3 is 14.2 Å². The number of hydrogen-bond acceptors (Lipinski definition) is 5. The highest BCUT2D eigenvalue weighted by molar-refractivity contribution is 5.93. The Balaban J connectivity index is 1.56. The highest BCUT2D eigenvalue weighted by Crippen LogP contribution is 2.36. The van der Waals surface area contributed by atoms with Crippen molar-refractivity contribution in [2.24, 2.45) is 0 Å². The molecule has 6 nitrogen and oxygen atoms in total. The van der Waals surface area contributed by atoms with Crippen LogP contribution in [0, 0.1) is 0 Å². The number of carbonyl (C=O) groups excluding carboxylic acids is 1. The van der Waals surface area contributed by atoms with E-state index in [0.717, 1.165) is 5.56 Å². The second-order valence-corrected chi connectivity index (χ2v) is 5.73. The normalized spacial score (nSPS) is 22.5. The fraction of sp³-hybridized carbons (Fsp3) is 0.278. The Labute approximate surface area is 139 Å². The van der Waals surface area contributed by atoms with Crippen LogP contribution in [-0.4, -0.2) is 30.4 Å². The van der Waals surface area contributed by atoms with Crippen molar-refractivity contribution >= 4 is 5.91 Å². The predicted molar refractivity (Wildman–Crippen MR) is 84.4 cm³/mol. The van der Waals surface area contributed by atoms with Crippen LogP contribution in [0.25, 0.3) is 0 Å². The molecule has 2 heterocycles. The molecule has 2 aromatic carbocycles. The summed E-state index contributed by atoms with van der Waals surface area (Å²) in [6.07, 6.45) is -0.822. The number of rotatable bonds is 2. The van der Waals surface area contributed by atoms with Crippen LogP contribution in [0.4, 0.5) is 0 Å². The van der Waals surface area contributed by atoms with Gasteiger partial charge in [0.15, 0.2) is 11.5 Å². The van der Waals surface area contributed by atoms with Gasteiger partial charge >= 0.3 is 0 Å². The number of benzene rings is 2. The fourth-order valence-electron chi connectivity index (χ4n) is 2.73. The molecule has 0 N–H and O–H groups in total. The van der Waals surface area contributed by atoms with Crippen LogP contribution in [0.3, 0.4) is 0 Å². The SMILES string of the molecule is C[C@H]1CN(C(=O)c2ccccc2)O[C@@H](c2ccc3c(c2)OCO3)O1. The van der Waals surface area contributed by atoms with Gasteiger partial charge in [-0.2, -0.15) is 0 Å². The molecular formula is C18H17NO5. The van der Waals surface area contributed by atoms with Crippen LogP contribution in [-0.2, 0) is 9.57 Å². The van der Waals surface area contributed by atoms with E-state index in [1.54, 1.807) is 12.1 Å². The molecule has 0 aliphatic carbocycles. The first kappa shape index (κ1) is 15.0. The molecular weight excluding hydrogens is 310 g/mol. The van der Waals surface area contributed by atoms with E-state index in [-0.39, 0.29) is 18.8 Å². The molecule has 0 radical (unpaired) electrons. The van der Waals surface area contributed by atoms with Crippen molar-refractivity contribution in [1.82, 2.24) is 5.06 Å². The summed E-state index contributed by atoms with van der Waals surface area (Å²) in [4.78, 5) is 18.4. The highest BCUT2D eigenvalue weighted by Gasteiger charge is 2.32. The predicted octanol–water partition coefficient (Wildman–Crippen LogP) is 2.91. The van der Waals surface area contributed by atoms with Crippen LogP contribution >= 0.6 is 0 Å². The van der Waals surface area contributed by atoms with Gasteiger partial charge in [0.25, 0.3) is 5.91 Å². The smallest absolute Gasteiger partial charge is 0.277 e. The van der Waals surface area contributed by atoms with Gasteiger partial charge in [-0.25, -0.2) is 9.90 Å². The minimum atomic E-state index is -0.670. The molecule has 4 rings (SSSR count). The third-order valence-corrected chi connectivity index (χ3v) is 3.92. The molecule has 6 heteroatoms. The molecule has 0 unspecified atom stereocenters. The standard InChI is InChI=1S/C18H17NO5/c1-12-10-19(17(20)13-5-3-2-4-6-13)24-18(23-12)14-7-8-15-16(9-14)22-11-21-15/h2-9,12,18H,10-11H2,1H3/t12-,18-/m0/s1. The number of fused-ring (bicyclic) bond motifs is 1. The zero-order valence-electron chi connectivity index (χ0n) is 13.2. The minimum absolute atomic E-state index is 0.151. The summed E-state index contributed by atoms with van der Waals surface area (Å²) in [7, 11) is 0. The topological polar surface area (TPSA) is 57.2 Å². The second kappa shape index (κ2) is 6.14. The average Bonchev–Trinajstić information content (AvgIpc) is 3.09. The van der Waals surface area contributed by atoms with Gasteiger partial charge in [0.1, 0.15) is 0 Å². The molecule has 0 spiro atoms. The minimum Gasteiger partial charge on any atom is -0.454 e. The molecule has 2 atom stereocenters. The quantitative estimate of drug-likeness (QED) is 0.849. The summed E-state index contributed by atoms with van der Waals surface area (Å²) in [5.74, 6) is 1.16. The van der Waals surface area contributed by atoms with Crippen molar-refractivity contribution in [3.05, 3.63) is 59.7 Å². The van der Waals surface area contributed by atoms with Crippen molar-refractivity contribution < 1.29 is 23.8 Å². The van der Waals surface area contributed by atoms with Crippen LogP contribution in [0.5, 0.6) is 11.5 Å². The Hall–Kier alpha value is -2.57. The Kier molecular flexibility index (Phi) is 3.84. The number of hydroxylamine groups is 2. The monoisotopic (exact) mass is 327 g/mol. The number of hydrogen-bond donors (Lipinski definition) is 0. The van der Waals surface area contributed by atoms with Crippen molar-refractivity contribution in [2.45, 2.75) is 19.3 Å². The molecule has 1 amide bonds. The zero-order valence-corrected chi connectivity index (χ0v) is 13.2. The summed E-state index contributed by atoms with van der Waals surface area (Å²) in [5.41, 5.74) is 1.35. The molecule has 24 heavy (non-hydrogen) atoms. The van der Waals surface area contributed by atoms with Crippen LogP contribution in [0.2, 0.25) is 0 Å². The van der Waals surface area contributed by atoms with Crippen LogP contribution in [0.15, 0.2) is 48.5 Å². The molecule has 2 aliphatic heterocycles. The lowest BCUT2D eigenvalue weighted by atomic mass is 10.2. The van der Waals surface area contributed by atoms with Gasteiger partial charge in [-0.1, -0.05) is 18.2 Å². The average molecular weight is 327 g/mol. The zero-order chi connectivity index (χ0) is 16.5. The summed E-state index contributed by atoms with van der Waals surface area (Å²) in [6, 6.07) is 14.5. The molecule has 0 bridgehead atoms. The van der Waals surface area contributed by atoms with E-state index >= 15 is 0 Å².